The second-order valence-electron chi connectivity index (χ2n) is 9.66. The topological polar surface area (TPSA) is 65.0 Å². The number of hydrogen-bond acceptors (Lipinski definition) is 8. The zero-order valence-corrected chi connectivity index (χ0v) is 21.1. The third kappa shape index (κ3) is 4.84. The van der Waals surface area contributed by atoms with Crippen molar-refractivity contribution < 1.29 is 9.53 Å². The Balaban J connectivity index is 1.24. The predicted octanol–water partition coefficient (Wildman–Crippen LogP) is 2.70. The fraction of sp³-hybridized carbons (Fsp3) is 0.696. The van der Waals surface area contributed by atoms with E-state index in [2.05, 4.69) is 44.6 Å². The van der Waals surface area contributed by atoms with Gasteiger partial charge in [0, 0.05) is 63.8 Å². The van der Waals surface area contributed by atoms with E-state index in [1.54, 1.807) is 11.3 Å². The molecule has 0 bridgehead atoms. The molecule has 2 aromatic rings. The van der Waals surface area contributed by atoms with Gasteiger partial charge >= 0.3 is 0 Å². The lowest BCUT2D eigenvalue weighted by Crippen LogP contribution is -2.60. The van der Waals surface area contributed by atoms with Crippen LogP contribution in [0.1, 0.15) is 31.6 Å². The second-order valence-corrected chi connectivity index (χ2v) is 11.1. The van der Waals surface area contributed by atoms with E-state index < -0.39 is 5.54 Å². The summed E-state index contributed by atoms with van der Waals surface area (Å²) in [6.07, 6.45) is 2.27. The van der Waals surface area contributed by atoms with E-state index in [0.29, 0.717) is 18.5 Å². The lowest BCUT2D eigenvalue weighted by molar-refractivity contribution is -0.142. The number of halogens is 1. The molecule has 0 atom stereocenters. The highest BCUT2D eigenvalue weighted by atomic mass is 35.5. The van der Waals surface area contributed by atoms with Crippen molar-refractivity contribution in [2.45, 2.75) is 38.8 Å². The number of likely N-dealkylation sites (tertiary alicyclic amines) is 1. The monoisotopic (exact) mass is 492 g/mol. The fourth-order valence-electron chi connectivity index (χ4n) is 5.13. The molecule has 0 aliphatic carbocycles. The van der Waals surface area contributed by atoms with Crippen molar-refractivity contribution in [3.05, 3.63) is 16.2 Å². The average Bonchev–Trinajstić information content (AvgIpc) is 3.49. The Morgan fingerprint density at radius 1 is 1.06 bits per heavy atom. The van der Waals surface area contributed by atoms with E-state index in [4.69, 9.17) is 16.3 Å². The zero-order chi connectivity index (χ0) is 23.0. The summed E-state index contributed by atoms with van der Waals surface area (Å²) < 4.78 is 6.60. The molecule has 2 aromatic heterocycles. The average molecular weight is 493 g/mol. The molecule has 0 spiro atoms. The summed E-state index contributed by atoms with van der Waals surface area (Å²) in [6.45, 7) is 13.7. The number of carbonyl (C=O) groups is 1. The molecule has 3 saturated heterocycles. The first-order valence-corrected chi connectivity index (χ1v) is 13.2. The van der Waals surface area contributed by atoms with Crippen molar-refractivity contribution in [3.8, 4) is 0 Å². The number of ether oxygens (including phenoxy) is 1. The van der Waals surface area contributed by atoms with Crippen LogP contribution >= 0.6 is 22.9 Å². The summed E-state index contributed by atoms with van der Waals surface area (Å²) >= 11 is 8.02. The highest BCUT2D eigenvalue weighted by molar-refractivity contribution is 7.19. The quantitative estimate of drug-likeness (QED) is 0.594. The Hall–Kier alpha value is -1.52. The number of carbonyl (C=O) groups excluding carboxylic acids is 1. The van der Waals surface area contributed by atoms with Gasteiger partial charge in [0.2, 0.25) is 11.2 Å². The van der Waals surface area contributed by atoms with Crippen LogP contribution in [0.3, 0.4) is 0 Å². The molecule has 5 rings (SSSR count). The summed E-state index contributed by atoms with van der Waals surface area (Å²) in [5.74, 6) is 1.21. The van der Waals surface area contributed by atoms with Crippen molar-refractivity contribution in [2.24, 2.45) is 0 Å². The van der Waals surface area contributed by atoms with Gasteiger partial charge in [-0.25, -0.2) is 4.98 Å². The van der Waals surface area contributed by atoms with Gasteiger partial charge in [-0.2, -0.15) is 4.98 Å². The Kier molecular flexibility index (Phi) is 6.77. The van der Waals surface area contributed by atoms with Gasteiger partial charge in [-0.1, -0.05) is 0 Å². The number of amides is 1. The minimum Gasteiger partial charge on any atom is -0.378 e. The Morgan fingerprint density at radius 2 is 1.76 bits per heavy atom. The van der Waals surface area contributed by atoms with Gasteiger partial charge in [-0.15, -0.1) is 11.3 Å². The first-order chi connectivity index (χ1) is 15.9. The molecular weight excluding hydrogens is 460 g/mol. The predicted molar refractivity (Wildman–Crippen MR) is 132 cm³/mol. The third-order valence-electron chi connectivity index (χ3n) is 7.15. The molecule has 8 nitrogen and oxygen atoms in total. The normalized spacial score (nSPS) is 21.3. The SMILES string of the molecule is CC(C)(C(=O)N1CCCC1)N1CCN(Cc2cc3nc(Cl)nc(N4CCOCC4)c3s2)CC1. The maximum atomic E-state index is 13.1. The summed E-state index contributed by atoms with van der Waals surface area (Å²) in [5, 5.41) is 0.298. The lowest BCUT2D eigenvalue weighted by atomic mass is 9.99. The van der Waals surface area contributed by atoms with E-state index in [1.165, 1.54) is 4.88 Å². The molecule has 0 aromatic carbocycles. The summed E-state index contributed by atoms with van der Waals surface area (Å²) in [4.78, 5) is 32.5. The van der Waals surface area contributed by atoms with Gasteiger partial charge in [0.05, 0.1) is 29.0 Å². The zero-order valence-electron chi connectivity index (χ0n) is 19.6. The molecule has 0 radical (unpaired) electrons. The molecule has 3 aliphatic rings. The first kappa shape index (κ1) is 23.2. The number of nitrogens with zero attached hydrogens (tertiary/aromatic N) is 6. The van der Waals surface area contributed by atoms with E-state index in [9.17, 15) is 4.79 Å². The number of fused-ring (bicyclic) bond motifs is 1. The van der Waals surface area contributed by atoms with Crippen molar-refractivity contribution in [1.29, 1.82) is 0 Å². The number of piperazine rings is 1. The molecule has 0 saturated carbocycles. The van der Waals surface area contributed by atoms with Crippen LogP contribution in [-0.2, 0) is 16.1 Å². The van der Waals surface area contributed by atoms with Crippen LogP contribution in [0.4, 0.5) is 5.82 Å². The first-order valence-electron chi connectivity index (χ1n) is 12.0. The van der Waals surface area contributed by atoms with Crippen molar-refractivity contribution >= 4 is 44.9 Å². The number of anilines is 1. The highest BCUT2D eigenvalue weighted by Crippen LogP contribution is 2.34. The molecule has 3 aliphatic heterocycles. The molecule has 0 unspecified atom stereocenters. The molecule has 1 amide bonds. The summed E-state index contributed by atoms with van der Waals surface area (Å²) in [6, 6.07) is 2.16. The van der Waals surface area contributed by atoms with Crippen LogP contribution in [0.5, 0.6) is 0 Å². The number of hydrogen-bond donors (Lipinski definition) is 0. The molecular formula is C23H33ClN6O2S. The van der Waals surface area contributed by atoms with E-state index in [1.807, 2.05) is 4.90 Å². The van der Waals surface area contributed by atoms with Gasteiger partial charge in [0.15, 0.2) is 5.82 Å². The minimum atomic E-state index is -0.437. The molecule has 180 valence electrons. The Bertz CT molecular complexity index is 994. The maximum Gasteiger partial charge on any atom is 0.242 e. The number of thiophene rings is 1. The fourth-order valence-corrected chi connectivity index (χ4v) is 6.46. The smallest absolute Gasteiger partial charge is 0.242 e. The van der Waals surface area contributed by atoms with Gasteiger partial charge < -0.3 is 14.5 Å². The highest BCUT2D eigenvalue weighted by Gasteiger charge is 2.39. The molecule has 3 fully saturated rings. The maximum absolute atomic E-state index is 13.1. The second kappa shape index (κ2) is 9.62. The van der Waals surface area contributed by atoms with Crippen molar-refractivity contribution in [3.63, 3.8) is 0 Å². The molecule has 5 heterocycles. The minimum absolute atomic E-state index is 0.282. The molecule has 33 heavy (non-hydrogen) atoms. The van der Waals surface area contributed by atoms with Crippen LogP contribution in [0.15, 0.2) is 6.07 Å². The number of rotatable bonds is 5. The van der Waals surface area contributed by atoms with Crippen LogP contribution in [0, 0.1) is 0 Å². The third-order valence-corrected chi connectivity index (χ3v) is 8.42. The van der Waals surface area contributed by atoms with Crippen LogP contribution in [0.2, 0.25) is 5.28 Å². The van der Waals surface area contributed by atoms with Gasteiger partial charge in [0.25, 0.3) is 0 Å². The van der Waals surface area contributed by atoms with Crippen LogP contribution < -0.4 is 4.90 Å². The number of aromatic nitrogens is 2. The largest absolute Gasteiger partial charge is 0.378 e. The van der Waals surface area contributed by atoms with E-state index in [0.717, 1.165) is 87.8 Å². The number of morpholine rings is 1. The standard InChI is InChI=1S/C23H33ClN6O2S/c1-23(2,21(31)29-5-3-4-6-29)30-9-7-27(8-10-30)16-17-15-18-19(33-17)20(26-22(24)25-18)28-11-13-32-14-12-28/h15H,3-14,16H2,1-2H3. The van der Waals surface area contributed by atoms with Gasteiger partial charge in [-0.3, -0.25) is 14.6 Å². The Morgan fingerprint density at radius 3 is 2.45 bits per heavy atom. The van der Waals surface area contributed by atoms with E-state index >= 15 is 0 Å². The van der Waals surface area contributed by atoms with Gasteiger partial charge in [0.1, 0.15) is 0 Å². The van der Waals surface area contributed by atoms with Crippen LogP contribution in [0.25, 0.3) is 10.2 Å². The molecule has 10 heteroatoms. The van der Waals surface area contributed by atoms with E-state index in [-0.39, 0.29) is 5.91 Å². The van der Waals surface area contributed by atoms with Crippen molar-refractivity contribution in [1.82, 2.24) is 24.7 Å². The Labute approximate surface area is 204 Å². The summed E-state index contributed by atoms with van der Waals surface area (Å²) in [5.41, 5.74) is 0.487. The van der Waals surface area contributed by atoms with Gasteiger partial charge in [-0.05, 0) is 44.4 Å². The van der Waals surface area contributed by atoms with Crippen molar-refractivity contribution in [2.75, 3.05) is 70.5 Å². The van der Waals surface area contributed by atoms with Crippen LogP contribution in [-0.4, -0.2) is 102 Å². The summed E-state index contributed by atoms with van der Waals surface area (Å²) in [7, 11) is 0. The molecule has 0 N–H and O–H groups in total. The lowest BCUT2D eigenvalue weighted by Gasteiger charge is -2.44.